The molecule has 210 valence electrons. The van der Waals surface area contributed by atoms with Crippen LogP contribution in [-0.2, 0) is 16.1 Å². The second-order valence-corrected chi connectivity index (χ2v) is 12.3. The second kappa shape index (κ2) is 9.87. The standard InChI is InChI=1S/C31H31BrN6O3/c1-16-6-9-26(32)35-29(16)36-30(41)24-11-31(5)12-25(31)38(24)27(40)15-37-17(2)28(18(3)39)22-10-20(7-8-23(22)37)21-13-33-19(4)34-14-21/h6-10,13-14,24-25H,11-12,15H2,1-5H3,(H,35,36,41)/t24-,25?,31-/m0/s1. The van der Waals surface area contributed by atoms with Gasteiger partial charge in [0.05, 0.1) is 0 Å². The molecule has 1 saturated carbocycles. The van der Waals surface area contributed by atoms with Gasteiger partial charge in [0, 0.05) is 46.2 Å². The van der Waals surface area contributed by atoms with E-state index in [9.17, 15) is 14.4 Å². The number of anilines is 1. The fourth-order valence-corrected chi connectivity index (χ4v) is 6.57. The number of fused-ring (bicyclic) bond motifs is 2. The average molecular weight is 616 g/mol. The molecular weight excluding hydrogens is 584 g/mol. The minimum Gasteiger partial charge on any atom is -0.335 e. The molecule has 4 aromatic rings. The lowest BCUT2D eigenvalue weighted by Gasteiger charge is -2.27. The fraction of sp³-hybridized carbons (Fsp3) is 0.355. The number of rotatable bonds is 6. The molecule has 0 spiro atoms. The molecule has 2 fully saturated rings. The van der Waals surface area contributed by atoms with Crippen LogP contribution in [0.5, 0.6) is 0 Å². The normalized spacial score (nSPS) is 21.2. The first-order valence-corrected chi connectivity index (χ1v) is 14.4. The first-order valence-electron chi connectivity index (χ1n) is 13.6. The van der Waals surface area contributed by atoms with Gasteiger partial charge in [0.15, 0.2) is 5.78 Å². The maximum atomic E-state index is 14.0. The van der Waals surface area contributed by atoms with Crippen LogP contribution >= 0.6 is 15.9 Å². The van der Waals surface area contributed by atoms with Gasteiger partial charge in [-0.1, -0.05) is 19.1 Å². The van der Waals surface area contributed by atoms with Crippen LogP contribution in [-0.4, -0.2) is 54.1 Å². The number of hydrogen-bond acceptors (Lipinski definition) is 6. The molecule has 10 heteroatoms. The van der Waals surface area contributed by atoms with Crippen LogP contribution in [0.4, 0.5) is 5.82 Å². The fourth-order valence-electron chi connectivity index (χ4n) is 6.26. The zero-order valence-electron chi connectivity index (χ0n) is 23.7. The number of halogens is 1. The molecule has 1 aliphatic carbocycles. The van der Waals surface area contributed by atoms with Crippen molar-refractivity contribution in [2.75, 3.05) is 5.32 Å². The number of carbonyl (C=O) groups is 3. The summed E-state index contributed by atoms with van der Waals surface area (Å²) >= 11 is 3.37. The molecule has 9 nitrogen and oxygen atoms in total. The Hall–Kier alpha value is -3.92. The lowest BCUT2D eigenvalue weighted by atomic mass is 10.0. The Morgan fingerprint density at radius 3 is 2.49 bits per heavy atom. The quantitative estimate of drug-likeness (QED) is 0.230. The predicted octanol–water partition coefficient (Wildman–Crippen LogP) is 5.40. The van der Waals surface area contributed by atoms with Gasteiger partial charge in [0.1, 0.15) is 28.8 Å². The van der Waals surface area contributed by atoms with Gasteiger partial charge in [0.2, 0.25) is 11.8 Å². The summed E-state index contributed by atoms with van der Waals surface area (Å²) in [7, 11) is 0. The molecule has 1 saturated heterocycles. The summed E-state index contributed by atoms with van der Waals surface area (Å²) in [4.78, 5) is 55.0. The van der Waals surface area contributed by atoms with Crippen LogP contribution < -0.4 is 5.32 Å². The van der Waals surface area contributed by atoms with Crippen molar-refractivity contribution in [1.82, 2.24) is 24.4 Å². The van der Waals surface area contributed by atoms with Crippen LogP contribution in [0, 0.1) is 26.2 Å². The molecule has 3 aromatic heterocycles. The monoisotopic (exact) mass is 614 g/mol. The summed E-state index contributed by atoms with van der Waals surface area (Å²) in [5.74, 6) is 0.727. The number of carbonyl (C=O) groups excluding carboxylic acids is 3. The molecule has 6 rings (SSSR count). The molecule has 2 aliphatic rings. The van der Waals surface area contributed by atoms with Gasteiger partial charge >= 0.3 is 0 Å². The molecule has 1 aliphatic heterocycles. The van der Waals surface area contributed by atoms with Crippen LogP contribution in [0.15, 0.2) is 47.3 Å². The van der Waals surface area contributed by atoms with E-state index in [4.69, 9.17) is 0 Å². The van der Waals surface area contributed by atoms with Crippen LogP contribution in [0.3, 0.4) is 0 Å². The van der Waals surface area contributed by atoms with Crippen LogP contribution in [0.1, 0.15) is 54.1 Å². The molecule has 4 heterocycles. The number of benzene rings is 1. The lowest BCUT2D eigenvalue weighted by Crippen LogP contribution is -2.46. The molecule has 0 bridgehead atoms. The number of aromatic nitrogens is 4. The van der Waals surface area contributed by atoms with Crippen LogP contribution in [0.2, 0.25) is 0 Å². The summed E-state index contributed by atoms with van der Waals surface area (Å²) < 4.78 is 2.53. The highest BCUT2D eigenvalue weighted by molar-refractivity contribution is 9.10. The molecule has 3 atom stereocenters. The molecule has 1 unspecified atom stereocenters. The Bertz CT molecular complexity index is 1750. The number of Topliss-reactive ketones (excluding diaryl/α,β-unsaturated/α-hetero) is 1. The number of aryl methyl sites for hydroxylation is 2. The molecule has 2 amide bonds. The number of amides is 2. The number of pyridine rings is 1. The number of likely N-dealkylation sites (tertiary alicyclic amines) is 1. The van der Waals surface area contributed by atoms with E-state index < -0.39 is 6.04 Å². The van der Waals surface area contributed by atoms with Crippen molar-refractivity contribution < 1.29 is 14.4 Å². The van der Waals surface area contributed by atoms with Crippen molar-refractivity contribution in [1.29, 1.82) is 0 Å². The summed E-state index contributed by atoms with van der Waals surface area (Å²) in [6.45, 7) is 9.30. The molecule has 1 aromatic carbocycles. The van der Waals surface area contributed by atoms with E-state index in [0.717, 1.165) is 39.7 Å². The van der Waals surface area contributed by atoms with Gasteiger partial charge in [-0.25, -0.2) is 15.0 Å². The number of nitrogens with zero attached hydrogens (tertiary/aromatic N) is 5. The summed E-state index contributed by atoms with van der Waals surface area (Å²) in [5.41, 5.74) is 4.63. The highest BCUT2D eigenvalue weighted by Crippen LogP contribution is 2.59. The van der Waals surface area contributed by atoms with Crippen molar-refractivity contribution >= 4 is 50.2 Å². The number of ketones is 1. The van der Waals surface area contributed by atoms with Crippen molar-refractivity contribution in [2.45, 2.75) is 66.1 Å². The van der Waals surface area contributed by atoms with Gasteiger partial charge in [-0.2, -0.15) is 0 Å². The van der Waals surface area contributed by atoms with Gasteiger partial charge in [0.25, 0.3) is 0 Å². The Morgan fingerprint density at radius 1 is 1.05 bits per heavy atom. The minimum atomic E-state index is -0.589. The highest BCUT2D eigenvalue weighted by Gasteiger charge is 2.64. The smallest absolute Gasteiger partial charge is 0.248 e. The summed E-state index contributed by atoms with van der Waals surface area (Å²) in [5, 5.41) is 3.73. The number of piperidine rings is 1. The first-order chi connectivity index (χ1) is 19.5. The number of nitrogens with one attached hydrogen (secondary N) is 1. The summed E-state index contributed by atoms with van der Waals surface area (Å²) in [6.07, 6.45) is 5.01. The van der Waals surface area contributed by atoms with E-state index in [1.165, 1.54) is 0 Å². The van der Waals surface area contributed by atoms with Gasteiger partial charge < -0.3 is 14.8 Å². The minimum absolute atomic E-state index is 0.0184. The first kappa shape index (κ1) is 27.3. The Morgan fingerprint density at radius 2 is 1.78 bits per heavy atom. The van der Waals surface area contributed by atoms with Crippen molar-refractivity contribution in [2.24, 2.45) is 5.41 Å². The predicted molar refractivity (Wildman–Crippen MR) is 160 cm³/mol. The van der Waals surface area contributed by atoms with Crippen LogP contribution in [0.25, 0.3) is 22.0 Å². The summed E-state index contributed by atoms with van der Waals surface area (Å²) in [6, 6.07) is 8.99. The highest BCUT2D eigenvalue weighted by atomic mass is 79.9. The second-order valence-electron chi connectivity index (χ2n) is 11.5. The molecule has 41 heavy (non-hydrogen) atoms. The molecule has 0 radical (unpaired) electrons. The molecular formula is C31H31BrN6O3. The van der Waals surface area contributed by atoms with E-state index in [0.29, 0.717) is 28.2 Å². The van der Waals surface area contributed by atoms with E-state index in [2.05, 4.69) is 43.1 Å². The zero-order chi connectivity index (χ0) is 29.2. The third-order valence-corrected chi connectivity index (χ3v) is 9.06. The van der Waals surface area contributed by atoms with Gasteiger partial charge in [-0.3, -0.25) is 14.4 Å². The largest absolute Gasteiger partial charge is 0.335 e. The zero-order valence-corrected chi connectivity index (χ0v) is 25.2. The van der Waals surface area contributed by atoms with E-state index >= 15 is 0 Å². The topological polar surface area (TPSA) is 110 Å². The van der Waals surface area contributed by atoms with E-state index in [1.807, 2.05) is 55.7 Å². The average Bonchev–Trinajstić information content (AvgIpc) is 3.36. The maximum absolute atomic E-state index is 14.0. The van der Waals surface area contributed by atoms with Crippen molar-refractivity contribution in [3.8, 4) is 11.1 Å². The van der Waals surface area contributed by atoms with Gasteiger partial charge in [-0.15, -0.1) is 0 Å². The Balaban J connectivity index is 1.32. The molecule has 1 N–H and O–H groups in total. The number of hydrogen-bond donors (Lipinski definition) is 1. The van der Waals surface area contributed by atoms with Crippen molar-refractivity contribution in [3.63, 3.8) is 0 Å². The SMILES string of the molecule is CC(=O)c1c(C)n(CC(=O)N2C3C[C@]3(C)C[C@H]2C(=O)Nc2nc(Br)ccc2C)c2ccc(-c3cnc(C)nc3)cc12. The third-order valence-electron chi connectivity index (χ3n) is 8.61. The lowest BCUT2D eigenvalue weighted by molar-refractivity contribution is -0.138. The van der Waals surface area contributed by atoms with Gasteiger partial charge in [-0.05, 0) is 91.2 Å². The third kappa shape index (κ3) is 4.73. The van der Waals surface area contributed by atoms with E-state index in [1.54, 1.807) is 24.2 Å². The van der Waals surface area contributed by atoms with E-state index in [-0.39, 0.29) is 35.6 Å². The Labute approximate surface area is 246 Å². The Kier molecular flexibility index (Phi) is 6.56. The maximum Gasteiger partial charge on any atom is 0.248 e. The van der Waals surface area contributed by atoms with Crippen molar-refractivity contribution in [3.05, 3.63) is 70.0 Å².